The molecule has 2 rings (SSSR count). The summed E-state index contributed by atoms with van der Waals surface area (Å²) in [5.41, 5.74) is 6.61. The number of nitrogen functional groups attached to an aromatic ring is 1. The van der Waals surface area contributed by atoms with Crippen molar-refractivity contribution in [3.63, 3.8) is 0 Å². The number of benzene rings is 1. The van der Waals surface area contributed by atoms with Crippen molar-refractivity contribution in [3.05, 3.63) is 22.7 Å². The maximum Gasteiger partial charge on any atom is 0.255 e. The number of nitrogens with zero attached hydrogens (tertiary/aromatic N) is 1. The van der Waals surface area contributed by atoms with Gasteiger partial charge in [-0.2, -0.15) is 0 Å². The number of ether oxygens (including phenoxy) is 2. The Labute approximate surface area is 173 Å². The summed E-state index contributed by atoms with van der Waals surface area (Å²) in [7, 11) is 0. The van der Waals surface area contributed by atoms with Gasteiger partial charge >= 0.3 is 0 Å². The Morgan fingerprint density at radius 2 is 2.11 bits per heavy atom. The molecule has 0 spiro atoms. The first-order valence-electron chi connectivity index (χ1n) is 10.4. The number of nitrogens with two attached hydrogens (primary N) is 1. The molecule has 0 bridgehead atoms. The van der Waals surface area contributed by atoms with E-state index in [9.17, 15) is 4.79 Å². The summed E-state index contributed by atoms with van der Waals surface area (Å²) in [6.07, 6.45) is 6.39. The van der Waals surface area contributed by atoms with Crippen LogP contribution in [-0.4, -0.2) is 56.3 Å². The van der Waals surface area contributed by atoms with Gasteiger partial charge in [-0.05, 0) is 26.0 Å². The van der Waals surface area contributed by atoms with Gasteiger partial charge in [0.1, 0.15) is 5.75 Å². The van der Waals surface area contributed by atoms with Gasteiger partial charge in [-0.25, -0.2) is 0 Å². The van der Waals surface area contributed by atoms with Crippen molar-refractivity contribution in [1.82, 2.24) is 10.2 Å². The van der Waals surface area contributed by atoms with Crippen LogP contribution in [0.3, 0.4) is 0 Å². The first-order chi connectivity index (χ1) is 13.5. The second-order valence-corrected chi connectivity index (χ2v) is 7.63. The number of morpholine rings is 1. The predicted molar refractivity (Wildman–Crippen MR) is 114 cm³/mol. The van der Waals surface area contributed by atoms with Gasteiger partial charge in [-0.3, -0.25) is 9.69 Å². The quantitative estimate of drug-likeness (QED) is 0.428. The van der Waals surface area contributed by atoms with Gasteiger partial charge in [0.05, 0.1) is 35.6 Å². The molecule has 1 aromatic carbocycles. The Hall–Kier alpha value is -1.50. The third-order valence-corrected chi connectivity index (χ3v) is 5.26. The molecular formula is C21H34ClN3O3. The maximum absolute atomic E-state index is 12.6. The topological polar surface area (TPSA) is 76.8 Å². The number of halogens is 1. The fourth-order valence-electron chi connectivity index (χ4n) is 3.37. The van der Waals surface area contributed by atoms with Crippen molar-refractivity contribution in [1.29, 1.82) is 0 Å². The van der Waals surface area contributed by atoms with Gasteiger partial charge < -0.3 is 20.5 Å². The fourth-order valence-corrected chi connectivity index (χ4v) is 3.53. The molecule has 1 aliphatic heterocycles. The van der Waals surface area contributed by atoms with Crippen molar-refractivity contribution in [2.75, 3.05) is 45.1 Å². The highest BCUT2D eigenvalue weighted by molar-refractivity contribution is 6.33. The van der Waals surface area contributed by atoms with Crippen LogP contribution in [0.1, 0.15) is 56.3 Å². The van der Waals surface area contributed by atoms with Crippen molar-refractivity contribution in [2.45, 2.75) is 52.1 Å². The number of hydrogen-bond acceptors (Lipinski definition) is 5. The third-order valence-electron chi connectivity index (χ3n) is 4.93. The predicted octanol–water partition coefficient (Wildman–Crippen LogP) is 3.72. The molecule has 1 heterocycles. The van der Waals surface area contributed by atoms with Crippen LogP contribution in [0, 0.1) is 0 Å². The minimum atomic E-state index is -0.231. The Balaban J connectivity index is 1.83. The Bertz CT molecular complexity index is 627. The molecule has 7 heteroatoms. The molecule has 1 atom stereocenters. The van der Waals surface area contributed by atoms with E-state index < -0.39 is 0 Å². The molecule has 0 radical (unpaired) electrons. The molecule has 3 N–H and O–H groups in total. The number of nitrogens with one attached hydrogen (secondary N) is 1. The van der Waals surface area contributed by atoms with Crippen LogP contribution in [0.25, 0.3) is 0 Å². The lowest BCUT2D eigenvalue weighted by molar-refractivity contribution is -0.0267. The van der Waals surface area contributed by atoms with E-state index in [1.54, 1.807) is 12.1 Å². The van der Waals surface area contributed by atoms with Gasteiger partial charge in [-0.1, -0.05) is 44.2 Å². The monoisotopic (exact) mass is 411 g/mol. The van der Waals surface area contributed by atoms with Gasteiger partial charge in [0.2, 0.25) is 0 Å². The largest absolute Gasteiger partial charge is 0.493 e. The van der Waals surface area contributed by atoms with Crippen LogP contribution in [0.4, 0.5) is 5.69 Å². The minimum absolute atomic E-state index is 0.00635. The first-order valence-corrected chi connectivity index (χ1v) is 10.8. The van der Waals surface area contributed by atoms with Crippen LogP contribution in [0.15, 0.2) is 12.1 Å². The molecule has 6 nitrogen and oxygen atoms in total. The van der Waals surface area contributed by atoms with E-state index in [1.807, 2.05) is 6.92 Å². The van der Waals surface area contributed by atoms with Crippen LogP contribution in [0.5, 0.6) is 5.75 Å². The summed E-state index contributed by atoms with van der Waals surface area (Å²) in [4.78, 5) is 15.1. The fraction of sp³-hybridized carbons (Fsp3) is 0.667. The highest BCUT2D eigenvalue weighted by Gasteiger charge is 2.22. The molecule has 0 saturated carbocycles. The van der Waals surface area contributed by atoms with Crippen molar-refractivity contribution >= 4 is 23.2 Å². The van der Waals surface area contributed by atoms with E-state index >= 15 is 0 Å². The van der Waals surface area contributed by atoms with E-state index in [0.717, 1.165) is 19.6 Å². The van der Waals surface area contributed by atoms with Gasteiger partial charge in [0.25, 0.3) is 5.91 Å². The summed E-state index contributed by atoms with van der Waals surface area (Å²) >= 11 is 6.09. The van der Waals surface area contributed by atoms with E-state index in [4.69, 9.17) is 26.8 Å². The van der Waals surface area contributed by atoms with Gasteiger partial charge in [-0.15, -0.1) is 0 Å². The number of hydrogen-bond donors (Lipinski definition) is 2. The van der Waals surface area contributed by atoms with Crippen molar-refractivity contribution in [2.24, 2.45) is 0 Å². The molecular weight excluding hydrogens is 378 g/mol. The smallest absolute Gasteiger partial charge is 0.255 e. The summed E-state index contributed by atoms with van der Waals surface area (Å²) in [6, 6.07) is 3.15. The normalized spacial score (nSPS) is 17.5. The first kappa shape index (κ1) is 22.8. The van der Waals surface area contributed by atoms with Crippen LogP contribution >= 0.6 is 11.6 Å². The summed E-state index contributed by atoms with van der Waals surface area (Å²) < 4.78 is 11.4. The molecule has 0 aliphatic carbocycles. The standard InChI is InChI=1S/C21H34ClN3O3/c1-3-5-6-7-8-9-25-10-11-28-16(15-25)14-24-21(26)17-12-18(22)19(23)13-20(17)27-4-2/h12-13,16H,3-11,14-15,23H2,1-2H3,(H,24,26). The molecule has 1 aliphatic rings. The van der Waals surface area contributed by atoms with Crippen molar-refractivity contribution < 1.29 is 14.3 Å². The molecule has 1 unspecified atom stereocenters. The summed E-state index contributed by atoms with van der Waals surface area (Å²) in [6.45, 7) is 8.59. The number of amides is 1. The lowest BCUT2D eigenvalue weighted by Gasteiger charge is -2.33. The maximum atomic E-state index is 12.6. The second-order valence-electron chi connectivity index (χ2n) is 7.22. The van der Waals surface area contributed by atoms with Crippen LogP contribution in [0.2, 0.25) is 5.02 Å². The molecule has 1 amide bonds. The molecule has 158 valence electrons. The zero-order valence-electron chi connectivity index (χ0n) is 17.1. The molecule has 0 aromatic heterocycles. The van der Waals surface area contributed by atoms with Crippen LogP contribution < -0.4 is 15.8 Å². The number of carbonyl (C=O) groups is 1. The lowest BCUT2D eigenvalue weighted by atomic mass is 10.1. The SMILES string of the molecule is CCCCCCCN1CCOC(CNC(=O)c2cc(Cl)c(N)cc2OCC)C1. The lowest BCUT2D eigenvalue weighted by Crippen LogP contribution is -2.47. The molecule has 1 fully saturated rings. The van der Waals surface area contributed by atoms with Crippen LogP contribution in [-0.2, 0) is 4.74 Å². The zero-order chi connectivity index (χ0) is 20.4. The average Bonchev–Trinajstić information content (AvgIpc) is 2.69. The van der Waals surface area contributed by atoms with Gasteiger partial charge in [0, 0.05) is 25.7 Å². The molecule has 1 aromatic rings. The van der Waals surface area contributed by atoms with Gasteiger partial charge in [0.15, 0.2) is 0 Å². The highest BCUT2D eigenvalue weighted by atomic mass is 35.5. The number of carbonyl (C=O) groups excluding carboxylic acids is 1. The Morgan fingerprint density at radius 1 is 1.32 bits per heavy atom. The Kier molecular flexibility index (Phi) is 9.88. The highest BCUT2D eigenvalue weighted by Crippen LogP contribution is 2.29. The third kappa shape index (κ3) is 7.15. The van der Waals surface area contributed by atoms with E-state index in [-0.39, 0.29) is 12.0 Å². The van der Waals surface area contributed by atoms with E-state index in [1.165, 1.54) is 32.1 Å². The zero-order valence-corrected chi connectivity index (χ0v) is 17.9. The van der Waals surface area contributed by atoms with E-state index in [0.29, 0.717) is 41.8 Å². The average molecular weight is 412 g/mol. The minimum Gasteiger partial charge on any atom is -0.493 e. The summed E-state index contributed by atoms with van der Waals surface area (Å²) in [5.74, 6) is 0.214. The van der Waals surface area contributed by atoms with Crippen molar-refractivity contribution in [3.8, 4) is 5.75 Å². The van der Waals surface area contributed by atoms with E-state index in [2.05, 4.69) is 17.1 Å². The Morgan fingerprint density at radius 3 is 2.86 bits per heavy atom. The second kappa shape index (κ2) is 12.1. The number of unbranched alkanes of at least 4 members (excludes halogenated alkanes) is 4. The number of rotatable bonds is 11. The summed E-state index contributed by atoms with van der Waals surface area (Å²) in [5, 5.41) is 3.29. The molecule has 28 heavy (non-hydrogen) atoms. The number of anilines is 1. The molecule has 1 saturated heterocycles.